The molecule has 6 nitrogen and oxygen atoms in total. The van der Waals surface area contributed by atoms with Crippen LogP contribution in [0.3, 0.4) is 0 Å². The van der Waals surface area contributed by atoms with Gasteiger partial charge in [-0.2, -0.15) is 0 Å². The van der Waals surface area contributed by atoms with Gasteiger partial charge in [0.2, 0.25) is 18.1 Å². The Morgan fingerprint density at radius 3 is 1.61 bits per heavy atom. The van der Waals surface area contributed by atoms with Gasteiger partial charge in [-0.25, -0.2) is 9.59 Å². The maximum atomic E-state index is 11.4. The van der Waals surface area contributed by atoms with E-state index in [0.717, 1.165) is 0 Å². The van der Waals surface area contributed by atoms with E-state index in [9.17, 15) is 9.59 Å². The molecule has 0 saturated heterocycles. The molecule has 0 N–H and O–H groups in total. The van der Waals surface area contributed by atoms with Crippen LogP contribution in [0.4, 0.5) is 9.59 Å². The van der Waals surface area contributed by atoms with Crippen LogP contribution in [-0.2, 0) is 8.85 Å². The molecule has 0 heterocycles. The predicted octanol–water partition coefficient (Wildman–Crippen LogP) is 3.24. The van der Waals surface area contributed by atoms with Gasteiger partial charge in [-0.1, -0.05) is 37.9 Å². The predicted molar refractivity (Wildman–Crippen MR) is 74.0 cm³/mol. The number of nitrogens with zero attached hydrogens (tertiary/aromatic N) is 2. The van der Waals surface area contributed by atoms with E-state index in [4.69, 9.17) is 8.85 Å². The van der Waals surface area contributed by atoms with Crippen molar-refractivity contribution in [1.82, 2.24) is 0 Å². The molecule has 8 heteroatoms. The van der Waals surface area contributed by atoms with Crippen LogP contribution < -0.4 is 0 Å². The standard InChI is InChI=1S/C10H22N2O4Si2/c1-7(2)18(8(3)4)16-10(14)12-11-9(13)15-17(5)6/h7-8,17-18H,1-6H3. The molecule has 0 aliphatic heterocycles. The van der Waals surface area contributed by atoms with E-state index in [1.165, 1.54) is 0 Å². The van der Waals surface area contributed by atoms with E-state index >= 15 is 0 Å². The molecule has 0 spiro atoms. The van der Waals surface area contributed by atoms with Gasteiger partial charge >= 0.3 is 12.2 Å². The monoisotopic (exact) mass is 290 g/mol. The number of carbonyl (C=O) groups excluding carboxylic acids is 2. The summed E-state index contributed by atoms with van der Waals surface area (Å²) in [4.78, 5) is 22.5. The van der Waals surface area contributed by atoms with Gasteiger partial charge in [0.15, 0.2) is 0 Å². The van der Waals surface area contributed by atoms with Crippen LogP contribution in [0.25, 0.3) is 0 Å². The molecule has 18 heavy (non-hydrogen) atoms. The summed E-state index contributed by atoms with van der Waals surface area (Å²) in [6, 6.07) is 0. The SMILES string of the molecule is CC(C)[SiH](OC(=O)N=NC(=O)O[SiH](C)C)C(C)C. The van der Waals surface area contributed by atoms with Gasteiger partial charge in [-0.05, 0) is 24.2 Å². The van der Waals surface area contributed by atoms with Gasteiger partial charge in [0, 0.05) is 0 Å². The summed E-state index contributed by atoms with van der Waals surface area (Å²) in [7, 11) is -3.18. The van der Waals surface area contributed by atoms with Gasteiger partial charge in [-0.3, -0.25) is 0 Å². The van der Waals surface area contributed by atoms with Crippen LogP contribution in [0.2, 0.25) is 24.2 Å². The summed E-state index contributed by atoms with van der Waals surface area (Å²) in [5.74, 6) is 0. The third-order valence-electron chi connectivity index (χ3n) is 2.10. The maximum absolute atomic E-state index is 11.4. The molecule has 0 bridgehead atoms. The van der Waals surface area contributed by atoms with Gasteiger partial charge in [0.1, 0.15) is 0 Å². The molecule has 0 atom stereocenters. The molecule has 0 radical (unpaired) electrons. The number of azo groups is 1. The second-order valence-electron chi connectivity index (χ2n) is 4.97. The zero-order valence-electron chi connectivity index (χ0n) is 11.8. The number of amides is 2. The molecule has 0 aromatic carbocycles. The molecule has 104 valence electrons. The quantitative estimate of drug-likeness (QED) is 0.588. The van der Waals surface area contributed by atoms with Gasteiger partial charge < -0.3 is 8.85 Å². The lowest BCUT2D eigenvalue weighted by Crippen LogP contribution is -2.27. The Labute approximate surface area is 111 Å². The van der Waals surface area contributed by atoms with Crippen molar-refractivity contribution in [1.29, 1.82) is 0 Å². The summed E-state index contributed by atoms with van der Waals surface area (Å²) in [5.41, 5.74) is 0.637. The minimum atomic E-state index is -1.68. The second-order valence-corrected chi connectivity index (χ2v) is 11.1. The molecule has 0 aliphatic carbocycles. The molecule has 0 aromatic rings. The molecule has 0 aromatic heterocycles. The highest BCUT2D eigenvalue weighted by Gasteiger charge is 2.25. The van der Waals surface area contributed by atoms with Crippen molar-refractivity contribution >= 4 is 30.3 Å². The summed E-state index contributed by atoms with van der Waals surface area (Å²) >= 11 is 0. The summed E-state index contributed by atoms with van der Waals surface area (Å²) in [6.45, 7) is 11.7. The topological polar surface area (TPSA) is 77.3 Å². The lowest BCUT2D eigenvalue weighted by Gasteiger charge is -2.21. The van der Waals surface area contributed by atoms with Crippen LogP contribution in [0.15, 0.2) is 10.2 Å². The number of carbonyl (C=O) groups is 2. The first-order chi connectivity index (χ1) is 8.23. The van der Waals surface area contributed by atoms with Crippen molar-refractivity contribution in [2.24, 2.45) is 10.2 Å². The molecular formula is C10H22N2O4Si2. The lowest BCUT2D eigenvalue weighted by molar-refractivity contribution is 0.200. The Bertz CT molecular complexity index is 311. The molecule has 0 aliphatic rings. The molecule has 0 rings (SSSR count). The fraction of sp³-hybridized carbons (Fsp3) is 0.800. The summed E-state index contributed by atoms with van der Waals surface area (Å²) < 4.78 is 10.1. The highest BCUT2D eigenvalue weighted by atomic mass is 28.3. The average molecular weight is 290 g/mol. The number of rotatable bonds is 4. The normalized spacial score (nSPS) is 11.9. The minimum Gasteiger partial charge on any atom is -0.504 e. The van der Waals surface area contributed by atoms with Crippen molar-refractivity contribution < 1.29 is 18.4 Å². The molecular weight excluding hydrogens is 268 g/mol. The smallest absolute Gasteiger partial charge is 0.438 e. The molecule has 0 unspecified atom stereocenters. The first-order valence-electron chi connectivity index (χ1n) is 6.07. The zero-order chi connectivity index (χ0) is 14.3. The van der Waals surface area contributed by atoms with Crippen LogP contribution in [0.5, 0.6) is 0 Å². The lowest BCUT2D eigenvalue weighted by atomic mass is 10.5. The zero-order valence-corrected chi connectivity index (χ0v) is 14.1. The van der Waals surface area contributed by atoms with E-state index in [1.54, 1.807) is 0 Å². The van der Waals surface area contributed by atoms with Crippen molar-refractivity contribution in [3.05, 3.63) is 0 Å². The highest BCUT2D eigenvalue weighted by Crippen LogP contribution is 2.21. The van der Waals surface area contributed by atoms with Gasteiger partial charge in [-0.15, -0.1) is 0 Å². The summed E-state index contributed by atoms with van der Waals surface area (Å²) in [6.07, 6.45) is -1.61. The van der Waals surface area contributed by atoms with E-state index in [0.29, 0.717) is 11.1 Å². The van der Waals surface area contributed by atoms with Crippen LogP contribution in [0.1, 0.15) is 27.7 Å². The number of hydrogen-bond donors (Lipinski definition) is 0. The Morgan fingerprint density at radius 1 is 0.889 bits per heavy atom. The van der Waals surface area contributed by atoms with Gasteiger partial charge in [0.05, 0.1) is 0 Å². The average Bonchev–Trinajstić information content (AvgIpc) is 2.21. The van der Waals surface area contributed by atoms with Gasteiger partial charge in [0.25, 0.3) is 0 Å². The Kier molecular flexibility index (Phi) is 7.68. The first-order valence-corrected chi connectivity index (χ1v) is 10.7. The Morgan fingerprint density at radius 2 is 1.28 bits per heavy atom. The minimum absolute atomic E-state index is 0.319. The Hall–Kier alpha value is -1.03. The third-order valence-corrected chi connectivity index (χ3v) is 5.88. The third kappa shape index (κ3) is 7.33. The van der Waals surface area contributed by atoms with Crippen molar-refractivity contribution in [2.75, 3.05) is 0 Å². The summed E-state index contributed by atoms with van der Waals surface area (Å²) in [5, 5.41) is 6.41. The second kappa shape index (κ2) is 8.14. The van der Waals surface area contributed by atoms with E-state index < -0.39 is 30.3 Å². The largest absolute Gasteiger partial charge is 0.504 e. The van der Waals surface area contributed by atoms with Crippen molar-refractivity contribution in [3.63, 3.8) is 0 Å². The van der Waals surface area contributed by atoms with Crippen molar-refractivity contribution in [2.45, 2.75) is 51.9 Å². The fourth-order valence-corrected chi connectivity index (χ4v) is 4.30. The highest BCUT2D eigenvalue weighted by molar-refractivity contribution is 6.56. The Balaban J connectivity index is 4.33. The molecule has 0 saturated carbocycles. The van der Waals surface area contributed by atoms with Crippen LogP contribution >= 0.6 is 0 Å². The number of hydrogen-bond acceptors (Lipinski definition) is 4. The van der Waals surface area contributed by atoms with Crippen LogP contribution in [0, 0.1) is 0 Å². The van der Waals surface area contributed by atoms with Crippen LogP contribution in [-0.4, -0.2) is 30.3 Å². The molecule has 2 amide bonds. The first kappa shape index (κ1) is 17.0. The molecule has 0 fully saturated rings. The van der Waals surface area contributed by atoms with Crippen molar-refractivity contribution in [3.8, 4) is 0 Å². The van der Waals surface area contributed by atoms with E-state index in [-0.39, 0.29) is 0 Å². The maximum Gasteiger partial charge on any atom is 0.438 e. The van der Waals surface area contributed by atoms with E-state index in [2.05, 4.69) is 10.2 Å². The fourth-order valence-electron chi connectivity index (χ4n) is 1.49. The van der Waals surface area contributed by atoms with E-state index in [1.807, 2.05) is 40.8 Å².